The molecule has 4 rings (SSSR count). The molecule has 0 aromatic heterocycles. The van der Waals surface area contributed by atoms with E-state index in [0.717, 1.165) is 37.5 Å². The first-order valence-electron chi connectivity index (χ1n) is 9.31. The average molecular weight is 382 g/mol. The van der Waals surface area contributed by atoms with Crippen LogP contribution in [0.4, 0.5) is 0 Å². The van der Waals surface area contributed by atoms with Gasteiger partial charge in [-0.15, -0.1) is 0 Å². The third kappa shape index (κ3) is 2.34. The summed E-state index contributed by atoms with van der Waals surface area (Å²) < 4.78 is 0. The lowest BCUT2D eigenvalue weighted by atomic mass is 9.45. The zero-order valence-corrected chi connectivity index (χ0v) is 15.8. The zero-order valence-electron chi connectivity index (χ0n) is 14.2. The molecule has 7 atom stereocenters. The Hall–Kier alpha value is -0.380. The molecule has 23 heavy (non-hydrogen) atoms. The Labute approximate surface area is 147 Å². The van der Waals surface area contributed by atoms with E-state index in [-0.39, 0.29) is 16.3 Å². The minimum Gasteiger partial charge on any atom is -0.351 e. The minimum absolute atomic E-state index is 0.0119. The second kappa shape index (κ2) is 5.31. The maximum absolute atomic E-state index is 12.2. The summed E-state index contributed by atoms with van der Waals surface area (Å²) in [5.74, 6) is 3.31. The van der Waals surface area contributed by atoms with Gasteiger partial charge < -0.3 is 5.32 Å². The number of rotatable bonds is 0. The molecule has 1 aliphatic heterocycles. The minimum atomic E-state index is 0.0119. The summed E-state index contributed by atoms with van der Waals surface area (Å²) in [6, 6.07) is 0. The van der Waals surface area contributed by atoms with Gasteiger partial charge in [-0.05, 0) is 74.5 Å². The van der Waals surface area contributed by atoms with E-state index in [1.807, 2.05) is 0 Å². The maximum atomic E-state index is 12.2. The van der Waals surface area contributed by atoms with Crippen LogP contribution in [0.1, 0.15) is 65.2 Å². The fraction of sp³-hybridized carbons (Fsp3) is 0.895. The van der Waals surface area contributed by atoms with E-state index < -0.39 is 0 Å². The van der Waals surface area contributed by atoms with E-state index in [4.69, 9.17) is 0 Å². The van der Waals surface area contributed by atoms with Crippen LogP contribution < -0.4 is 5.32 Å². The summed E-state index contributed by atoms with van der Waals surface area (Å²) in [5.41, 5.74) is 0.311. The molecule has 3 aliphatic carbocycles. The van der Waals surface area contributed by atoms with Crippen molar-refractivity contribution in [2.75, 3.05) is 0 Å². The number of alkyl halides is 1. The summed E-state index contributed by atoms with van der Waals surface area (Å²) in [7, 11) is 0. The second-order valence-corrected chi connectivity index (χ2v) is 10.1. The Kier molecular flexibility index (Phi) is 3.72. The van der Waals surface area contributed by atoms with Gasteiger partial charge in [0, 0.05) is 18.4 Å². The summed E-state index contributed by atoms with van der Waals surface area (Å²) >= 11 is 3.65. The van der Waals surface area contributed by atoms with Gasteiger partial charge in [0.1, 0.15) is 5.78 Å². The molecule has 4 heteroatoms. The molecule has 1 heterocycles. The van der Waals surface area contributed by atoms with Gasteiger partial charge in [0.15, 0.2) is 0 Å². The van der Waals surface area contributed by atoms with Gasteiger partial charge in [-0.3, -0.25) is 9.59 Å². The number of amides is 1. The molecular weight excluding hydrogens is 354 g/mol. The number of halogens is 1. The number of fused-ring (bicyclic) bond motifs is 5. The second-order valence-electron chi connectivity index (χ2n) is 9.04. The highest BCUT2D eigenvalue weighted by molar-refractivity contribution is 9.10. The molecule has 1 N–H and O–H groups in total. The number of ketones is 1. The molecule has 0 unspecified atom stereocenters. The molecule has 0 aromatic carbocycles. The number of hydrogen-bond acceptors (Lipinski definition) is 2. The standard InChI is InChI=1S/C19H28BrNO2/c1-18-10-15(20)16(22)9-11(18)3-4-12-13(18)7-8-19(2)14(12)5-6-17(23)21-19/h11-15H,3-10H2,1-2H3,(H,21,23)/t11-,12+,13-,14-,15+,18-,19-/m0/s1. The molecule has 4 aliphatic rings. The topological polar surface area (TPSA) is 46.2 Å². The fourth-order valence-electron chi connectivity index (χ4n) is 6.73. The van der Waals surface area contributed by atoms with Crippen molar-refractivity contribution in [3.05, 3.63) is 0 Å². The first kappa shape index (κ1) is 16.1. The van der Waals surface area contributed by atoms with Gasteiger partial charge in [0.2, 0.25) is 5.91 Å². The van der Waals surface area contributed by atoms with Gasteiger partial charge in [-0.2, -0.15) is 0 Å². The van der Waals surface area contributed by atoms with Gasteiger partial charge in [-0.25, -0.2) is 0 Å². The van der Waals surface area contributed by atoms with Crippen molar-refractivity contribution in [2.24, 2.45) is 29.1 Å². The monoisotopic (exact) mass is 381 g/mol. The highest BCUT2D eigenvalue weighted by Gasteiger charge is 2.59. The van der Waals surface area contributed by atoms with E-state index >= 15 is 0 Å². The number of hydrogen-bond donors (Lipinski definition) is 1. The van der Waals surface area contributed by atoms with Crippen LogP contribution in [-0.4, -0.2) is 22.1 Å². The van der Waals surface area contributed by atoms with Crippen LogP contribution in [0.3, 0.4) is 0 Å². The molecule has 0 aromatic rings. The molecule has 0 spiro atoms. The van der Waals surface area contributed by atoms with Crippen molar-refractivity contribution in [2.45, 2.75) is 75.6 Å². The normalized spacial score (nSPS) is 52.9. The van der Waals surface area contributed by atoms with Gasteiger partial charge >= 0.3 is 0 Å². The van der Waals surface area contributed by atoms with E-state index in [2.05, 4.69) is 35.1 Å². The average Bonchev–Trinajstić information content (AvgIpc) is 2.47. The van der Waals surface area contributed by atoms with Crippen molar-refractivity contribution < 1.29 is 9.59 Å². The molecule has 0 bridgehead atoms. The maximum Gasteiger partial charge on any atom is 0.220 e. The van der Waals surface area contributed by atoms with Crippen LogP contribution in [0.5, 0.6) is 0 Å². The number of carbonyl (C=O) groups is 2. The summed E-state index contributed by atoms with van der Waals surface area (Å²) in [6.07, 6.45) is 8.30. The van der Waals surface area contributed by atoms with Crippen molar-refractivity contribution in [3.63, 3.8) is 0 Å². The van der Waals surface area contributed by atoms with Crippen LogP contribution in [0.2, 0.25) is 0 Å². The largest absolute Gasteiger partial charge is 0.351 e. The van der Waals surface area contributed by atoms with Crippen molar-refractivity contribution in [1.82, 2.24) is 5.32 Å². The molecule has 1 saturated heterocycles. The first-order valence-corrected chi connectivity index (χ1v) is 10.2. The lowest BCUT2D eigenvalue weighted by Crippen LogP contribution is -2.64. The van der Waals surface area contributed by atoms with Crippen LogP contribution in [-0.2, 0) is 9.59 Å². The number of carbonyl (C=O) groups excluding carboxylic acids is 2. The van der Waals surface area contributed by atoms with E-state index in [0.29, 0.717) is 29.5 Å². The third-order valence-electron chi connectivity index (χ3n) is 7.98. The van der Waals surface area contributed by atoms with Gasteiger partial charge in [0.05, 0.1) is 4.83 Å². The summed E-state index contributed by atoms with van der Waals surface area (Å²) in [5, 5.41) is 3.33. The van der Waals surface area contributed by atoms with E-state index in [1.165, 1.54) is 19.3 Å². The number of nitrogens with one attached hydrogen (secondary N) is 1. The molecule has 3 nitrogen and oxygen atoms in total. The Morgan fingerprint density at radius 2 is 1.87 bits per heavy atom. The molecule has 3 saturated carbocycles. The molecule has 128 valence electrons. The lowest BCUT2D eigenvalue weighted by Gasteiger charge is -2.62. The summed E-state index contributed by atoms with van der Waals surface area (Å²) in [6.45, 7) is 4.73. The highest BCUT2D eigenvalue weighted by atomic mass is 79.9. The lowest BCUT2D eigenvalue weighted by molar-refractivity contribution is -0.144. The zero-order chi connectivity index (χ0) is 16.4. The molecular formula is C19H28BrNO2. The SMILES string of the molecule is C[C@]12C[C@@H](Br)C(=O)C[C@@H]1CC[C@@H]1[C@@H]2CC[C@]2(C)NC(=O)CC[C@@H]12. The molecule has 1 amide bonds. The van der Waals surface area contributed by atoms with Crippen molar-refractivity contribution >= 4 is 27.6 Å². The van der Waals surface area contributed by atoms with Crippen LogP contribution in [0.15, 0.2) is 0 Å². The Bertz CT molecular complexity index is 549. The van der Waals surface area contributed by atoms with E-state index in [9.17, 15) is 9.59 Å². The predicted molar refractivity (Wildman–Crippen MR) is 93.3 cm³/mol. The highest BCUT2D eigenvalue weighted by Crippen LogP contribution is 2.62. The molecule has 4 fully saturated rings. The van der Waals surface area contributed by atoms with Gasteiger partial charge in [-0.1, -0.05) is 22.9 Å². The van der Waals surface area contributed by atoms with Crippen molar-refractivity contribution in [3.8, 4) is 0 Å². The fourth-order valence-corrected chi connectivity index (χ4v) is 7.62. The quantitative estimate of drug-likeness (QED) is 0.647. The summed E-state index contributed by atoms with van der Waals surface area (Å²) in [4.78, 5) is 24.1. The van der Waals surface area contributed by atoms with Crippen molar-refractivity contribution in [1.29, 1.82) is 0 Å². The Balaban J connectivity index is 1.63. The third-order valence-corrected chi connectivity index (χ3v) is 8.81. The van der Waals surface area contributed by atoms with Crippen LogP contribution in [0, 0.1) is 29.1 Å². The predicted octanol–water partition coefficient (Wildman–Crippen LogP) is 3.84. The Morgan fingerprint density at radius 1 is 1.09 bits per heavy atom. The number of Topliss-reactive ketones (excluding diaryl/α,β-unsaturated/α-hetero) is 1. The first-order chi connectivity index (χ1) is 10.8. The molecule has 0 radical (unpaired) electrons. The number of piperidine rings is 1. The van der Waals surface area contributed by atoms with Crippen LogP contribution in [0.25, 0.3) is 0 Å². The smallest absolute Gasteiger partial charge is 0.220 e. The van der Waals surface area contributed by atoms with Gasteiger partial charge in [0.25, 0.3) is 0 Å². The van der Waals surface area contributed by atoms with Crippen LogP contribution >= 0.6 is 15.9 Å². The Morgan fingerprint density at radius 3 is 2.65 bits per heavy atom. The van der Waals surface area contributed by atoms with E-state index in [1.54, 1.807) is 0 Å².